The van der Waals surface area contributed by atoms with Gasteiger partial charge in [-0.25, -0.2) is 18.8 Å². The van der Waals surface area contributed by atoms with Gasteiger partial charge in [0.25, 0.3) is 0 Å². The Morgan fingerprint density at radius 1 is 1.00 bits per heavy atom. The third-order valence-electron chi connectivity index (χ3n) is 4.02. The molecule has 3 N–H and O–H groups in total. The quantitative estimate of drug-likeness (QED) is 0.446. The smallest absolute Gasteiger partial charge is 0.413 e. The molecule has 0 spiro atoms. The number of nitrogens with one attached hydrogen (secondary N) is 3. The zero-order chi connectivity index (χ0) is 24.4. The highest BCUT2D eigenvalue weighted by Crippen LogP contribution is 2.30. The highest BCUT2D eigenvalue weighted by molar-refractivity contribution is 7.85. The van der Waals surface area contributed by atoms with Crippen LogP contribution >= 0.6 is 0 Å². The Balaban J connectivity index is 2.54. The number of anilines is 1. The van der Waals surface area contributed by atoms with Crippen LogP contribution in [0.4, 0.5) is 21.0 Å². The molecule has 2 aromatic rings. The number of alkyl carbamates (subject to hydrolysis) is 2. The minimum atomic E-state index is -1.65. The van der Waals surface area contributed by atoms with Crippen molar-refractivity contribution in [1.29, 1.82) is 5.26 Å². The van der Waals surface area contributed by atoms with Crippen LogP contribution in [0.2, 0.25) is 0 Å². The first-order valence-corrected chi connectivity index (χ1v) is 10.6. The average molecular weight is 471 g/mol. The van der Waals surface area contributed by atoms with Crippen LogP contribution < -0.4 is 16.0 Å². The van der Waals surface area contributed by atoms with Crippen LogP contribution in [0.5, 0.6) is 0 Å². The maximum Gasteiger partial charge on any atom is 0.413 e. The molecule has 0 aliphatic heterocycles. The molecular weight excluding hydrogens is 450 g/mol. The monoisotopic (exact) mass is 471 g/mol. The average Bonchev–Trinajstić information content (AvgIpc) is 2.84. The predicted molar refractivity (Wildman–Crippen MR) is 119 cm³/mol. The second-order valence-corrected chi connectivity index (χ2v) is 7.66. The zero-order valence-electron chi connectivity index (χ0n) is 18.0. The number of carbonyl (C=O) groups is 3. The van der Waals surface area contributed by atoms with Gasteiger partial charge >= 0.3 is 12.2 Å². The molecule has 0 fully saturated rings. The summed E-state index contributed by atoms with van der Waals surface area (Å²) in [6, 6.07) is 12.7. The number of rotatable bonds is 5. The number of methoxy groups -OCH3 is 2. The fraction of sp³-hybridized carbons (Fsp3) is 0.190. The fourth-order valence-electron chi connectivity index (χ4n) is 2.36. The number of hydrogen-bond acceptors (Lipinski definition) is 8. The minimum absolute atomic E-state index is 0.0964. The lowest BCUT2D eigenvalue weighted by Crippen LogP contribution is -2.43. The van der Waals surface area contributed by atoms with E-state index in [1.165, 1.54) is 12.1 Å². The standard InChI is InChI=1S/C21H21N5O6S/c1-4-18(27)23-16-10-9-15(33(30)14-7-5-13(12-22)6-8-14)11-17(16)24-19(25-20(28)31-2)26-21(29)32-3/h5-11H,4H2,1-3H3,(H,23,27)(H2,24,25,26,28,29). The molecule has 0 radical (unpaired) electrons. The molecule has 2 aromatic carbocycles. The van der Waals surface area contributed by atoms with Crippen molar-refractivity contribution in [2.24, 2.45) is 4.99 Å². The summed E-state index contributed by atoms with van der Waals surface area (Å²) >= 11 is 0. The van der Waals surface area contributed by atoms with Crippen LogP contribution in [-0.2, 0) is 25.1 Å². The van der Waals surface area contributed by atoms with Gasteiger partial charge in [0.15, 0.2) is 0 Å². The Bertz CT molecular complexity index is 1120. The predicted octanol–water partition coefficient (Wildman–Crippen LogP) is 2.77. The maximum atomic E-state index is 13.0. The summed E-state index contributed by atoms with van der Waals surface area (Å²) in [6.07, 6.45) is -1.64. The molecule has 0 aliphatic rings. The van der Waals surface area contributed by atoms with Crippen LogP contribution in [0.3, 0.4) is 0 Å². The summed E-state index contributed by atoms with van der Waals surface area (Å²) in [5.41, 5.74) is 0.767. The summed E-state index contributed by atoms with van der Waals surface area (Å²) in [6.45, 7) is 1.66. The Morgan fingerprint density at radius 3 is 2.09 bits per heavy atom. The molecule has 172 valence electrons. The first-order chi connectivity index (χ1) is 15.8. The normalized spacial score (nSPS) is 10.7. The first kappa shape index (κ1) is 25.0. The van der Waals surface area contributed by atoms with Crippen LogP contribution in [0, 0.1) is 11.3 Å². The topological polar surface area (TPSA) is 159 Å². The van der Waals surface area contributed by atoms with Gasteiger partial charge in [-0.1, -0.05) is 6.92 Å². The number of guanidine groups is 1. The van der Waals surface area contributed by atoms with Gasteiger partial charge in [0.2, 0.25) is 11.9 Å². The first-order valence-electron chi connectivity index (χ1n) is 9.45. The summed E-state index contributed by atoms with van der Waals surface area (Å²) in [5.74, 6) is -0.655. The summed E-state index contributed by atoms with van der Waals surface area (Å²) < 4.78 is 22.1. The summed E-state index contributed by atoms with van der Waals surface area (Å²) in [5, 5.41) is 16.0. The van der Waals surface area contributed by atoms with Crippen molar-refractivity contribution < 1.29 is 28.1 Å². The second-order valence-electron chi connectivity index (χ2n) is 6.18. The van der Waals surface area contributed by atoms with E-state index >= 15 is 0 Å². The Kier molecular flexibility index (Phi) is 9.07. The molecular formula is C21H21N5O6S. The number of benzene rings is 2. The SMILES string of the molecule is CCC(=O)Nc1ccc(S(=O)c2ccc(C#N)cc2)cc1N=C(NC(=O)OC)NC(=O)OC. The van der Waals surface area contributed by atoms with E-state index in [4.69, 9.17) is 5.26 Å². The van der Waals surface area contributed by atoms with Crippen molar-refractivity contribution in [3.05, 3.63) is 48.0 Å². The third kappa shape index (κ3) is 7.15. The molecule has 0 heterocycles. The molecule has 11 nitrogen and oxygen atoms in total. The molecule has 0 saturated carbocycles. The molecule has 0 aromatic heterocycles. The molecule has 1 unspecified atom stereocenters. The van der Waals surface area contributed by atoms with E-state index in [1.807, 2.05) is 6.07 Å². The van der Waals surface area contributed by atoms with E-state index in [2.05, 4.69) is 30.4 Å². The highest BCUT2D eigenvalue weighted by atomic mass is 32.2. The summed E-state index contributed by atoms with van der Waals surface area (Å²) in [7, 11) is 0.604. The third-order valence-corrected chi connectivity index (χ3v) is 5.40. The Hall–Kier alpha value is -4.24. The van der Waals surface area contributed by atoms with Crippen LogP contribution in [0.1, 0.15) is 18.9 Å². The van der Waals surface area contributed by atoms with E-state index in [0.29, 0.717) is 15.4 Å². The number of nitriles is 1. The van der Waals surface area contributed by atoms with Gasteiger partial charge in [0.05, 0.1) is 48.0 Å². The van der Waals surface area contributed by atoms with Crippen molar-refractivity contribution in [3.8, 4) is 6.07 Å². The lowest BCUT2D eigenvalue weighted by atomic mass is 10.2. The number of nitrogens with zero attached hydrogens (tertiary/aromatic N) is 2. The van der Waals surface area contributed by atoms with Gasteiger partial charge in [0.1, 0.15) is 0 Å². The van der Waals surface area contributed by atoms with E-state index in [-0.39, 0.29) is 29.7 Å². The van der Waals surface area contributed by atoms with Gasteiger partial charge in [-0.2, -0.15) is 5.26 Å². The number of amides is 3. The van der Waals surface area contributed by atoms with Crippen molar-refractivity contribution >= 4 is 46.2 Å². The number of hydrogen-bond donors (Lipinski definition) is 3. The zero-order valence-corrected chi connectivity index (χ0v) is 18.8. The van der Waals surface area contributed by atoms with Gasteiger partial charge in [-0.05, 0) is 42.5 Å². The summed E-state index contributed by atoms with van der Waals surface area (Å²) in [4.78, 5) is 40.2. The maximum absolute atomic E-state index is 13.0. The van der Waals surface area contributed by atoms with E-state index in [0.717, 1.165) is 14.2 Å². The van der Waals surface area contributed by atoms with Crippen molar-refractivity contribution in [2.45, 2.75) is 23.1 Å². The number of ether oxygens (including phenoxy) is 2. The van der Waals surface area contributed by atoms with Gasteiger partial charge in [-0.15, -0.1) is 0 Å². The molecule has 1 atom stereocenters. The van der Waals surface area contributed by atoms with Crippen molar-refractivity contribution in [3.63, 3.8) is 0 Å². The second kappa shape index (κ2) is 12.0. The Labute approximate surface area is 192 Å². The van der Waals surface area contributed by atoms with Gasteiger partial charge in [0, 0.05) is 16.2 Å². The molecule has 12 heteroatoms. The van der Waals surface area contributed by atoms with Crippen LogP contribution in [-0.4, -0.2) is 42.5 Å². The molecule has 0 saturated heterocycles. The Morgan fingerprint density at radius 2 is 1.58 bits per heavy atom. The van der Waals surface area contributed by atoms with E-state index in [1.54, 1.807) is 37.3 Å². The minimum Gasteiger partial charge on any atom is -0.453 e. The van der Waals surface area contributed by atoms with Crippen LogP contribution in [0.15, 0.2) is 57.2 Å². The van der Waals surface area contributed by atoms with E-state index < -0.39 is 23.0 Å². The fourth-order valence-corrected chi connectivity index (χ4v) is 3.42. The van der Waals surface area contributed by atoms with Crippen molar-refractivity contribution in [2.75, 3.05) is 19.5 Å². The highest BCUT2D eigenvalue weighted by Gasteiger charge is 2.15. The molecule has 3 amide bonds. The lowest BCUT2D eigenvalue weighted by Gasteiger charge is -2.13. The van der Waals surface area contributed by atoms with Crippen molar-refractivity contribution in [1.82, 2.24) is 10.6 Å². The molecule has 2 rings (SSSR count). The molecule has 0 bridgehead atoms. The van der Waals surface area contributed by atoms with Gasteiger partial charge < -0.3 is 14.8 Å². The largest absolute Gasteiger partial charge is 0.453 e. The lowest BCUT2D eigenvalue weighted by molar-refractivity contribution is -0.115. The molecule has 33 heavy (non-hydrogen) atoms. The van der Waals surface area contributed by atoms with E-state index in [9.17, 15) is 18.6 Å². The number of carbonyl (C=O) groups excluding carboxylic acids is 3. The molecule has 0 aliphatic carbocycles. The van der Waals surface area contributed by atoms with Crippen LogP contribution in [0.25, 0.3) is 0 Å². The number of aliphatic imine (C=N–C) groups is 1. The van der Waals surface area contributed by atoms with Gasteiger partial charge in [-0.3, -0.25) is 15.4 Å².